The van der Waals surface area contributed by atoms with Gasteiger partial charge >= 0.3 is 12.3 Å². The Morgan fingerprint density at radius 2 is 1.83 bits per heavy atom. The zero-order valence-corrected chi connectivity index (χ0v) is 21.1. The number of nitrogens with zero attached hydrogens (tertiary/aromatic N) is 2. The number of benzene rings is 2. The van der Waals surface area contributed by atoms with Crippen LogP contribution in [0.2, 0.25) is 0 Å². The van der Waals surface area contributed by atoms with Crippen LogP contribution in [0.15, 0.2) is 36.4 Å². The minimum absolute atomic E-state index is 0.142. The summed E-state index contributed by atoms with van der Waals surface area (Å²) in [5.74, 6) is 0.902. The molecule has 194 valence electrons. The fourth-order valence-corrected chi connectivity index (χ4v) is 5.63. The van der Waals surface area contributed by atoms with Crippen molar-refractivity contribution in [3.05, 3.63) is 53.3 Å². The van der Waals surface area contributed by atoms with Crippen LogP contribution >= 0.6 is 0 Å². The van der Waals surface area contributed by atoms with Gasteiger partial charge < -0.3 is 18.8 Å². The molecule has 4 rings (SSSR count). The van der Waals surface area contributed by atoms with Gasteiger partial charge in [-0.2, -0.15) is 0 Å². The van der Waals surface area contributed by atoms with Gasteiger partial charge in [0.2, 0.25) is 0 Å². The molecular weight excluding hydrogens is 473 g/mol. The minimum Gasteiger partial charge on any atom is -0.496 e. The van der Waals surface area contributed by atoms with Gasteiger partial charge in [0.05, 0.1) is 25.3 Å². The van der Waals surface area contributed by atoms with Crippen LogP contribution in [0.5, 0.6) is 11.5 Å². The number of rotatable bonds is 6. The highest BCUT2D eigenvalue weighted by atomic mass is 19.4. The van der Waals surface area contributed by atoms with E-state index in [4.69, 9.17) is 14.5 Å². The average molecular weight is 505 g/mol. The SMILES string of the molecule is COC(=O)c1cc2nc(Cc3ccc(OC(F)(F)F)cc3)n([C@H]3CC(C)CC(C)(C)C3)c2cc1OC. The first-order chi connectivity index (χ1) is 16.9. The summed E-state index contributed by atoms with van der Waals surface area (Å²) in [6.07, 6.45) is -1.28. The molecule has 0 amide bonds. The van der Waals surface area contributed by atoms with Crippen LogP contribution in [-0.2, 0) is 11.2 Å². The third-order valence-electron chi connectivity index (χ3n) is 6.74. The van der Waals surface area contributed by atoms with Gasteiger partial charge in [0.15, 0.2) is 0 Å². The Kier molecular flexibility index (Phi) is 6.94. The first-order valence-electron chi connectivity index (χ1n) is 11.9. The monoisotopic (exact) mass is 504 g/mol. The summed E-state index contributed by atoms with van der Waals surface area (Å²) >= 11 is 0. The van der Waals surface area contributed by atoms with Crippen molar-refractivity contribution in [2.45, 2.75) is 58.9 Å². The van der Waals surface area contributed by atoms with Crippen LogP contribution in [-0.4, -0.2) is 36.1 Å². The lowest BCUT2D eigenvalue weighted by molar-refractivity contribution is -0.274. The van der Waals surface area contributed by atoms with E-state index in [2.05, 4.69) is 30.1 Å². The third kappa shape index (κ3) is 5.60. The standard InChI is InChI=1S/C27H31F3N2O4/c1-16-10-18(15-26(2,3)14-16)32-22-13-23(34-4)20(25(33)35-5)12-21(22)31-24(32)11-17-6-8-19(9-7-17)36-27(28,29)30/h6-9,12-13,16,18H,10-11,14-15H2,1-5H3/t16?,18-/m0/s1. The number of esters is 1. The lowest BCUT2D eigenvalue weighted by atomic mass is 9.70. The first kappa shape index (κ1) is 25.9. The summed E-state index contributed by atoms with van der Waals surface area (Å²) in [6, 6.07) is 9.50. The molecular formula is C27H31F3N2O4. The van der Waals surface area contributed by atoms with Crippen molar-refractivity contribution in [1.29, 1.82) is 0 Å². The van der Waals surface area contributed by atoms with Crippen LogP contribution in [0.4, 0.5) is 13.2 Å². The normalized spacial score (nSPS) is 19.8. The van der Waals surface area contributed by atoms with Crippen LogP contribution in [0.1, 0.15) is 67.8 Å². The number of ether oxygens (including phenoxy) is 3. The molecule has 2 atom stereocenters. The fourth-order valence-electron chi connectivity index (χ4n) is 5.63. The summed E-state index contributed by atoms with van der Waals surface area (Å²) in [5.41, 5.74) is 2.71. The molecule has 0 radical (unpaired) electrons. The van der Waals surface area contributed by atoms with Crippen molar-refractivity contribution < 1.29 is 32.2 Å². The van der Waals surface area contributed by atoms with Gasteiger partial charge in [0, 0.05) is 18.5 Å². The molecule has 6 nitrogen and oxygen atoms in total. The minimum atomic E-state index is -4.74. The molecule has 1 aliphatic carbocycles. The highest BCUT2D eigenvalue weighted by Gasteiger charge is 2.35. The number of aromatic nitrogens is 2. The van der Waals surface area contributed by atoms with Crippen LogP contribution in [0.25, 0.3) is 11.0 Å². The molecule has 0 saturated heterocycles. The molecule has 0 N–H and O–H groups in total. The topological polar surface area (TPSA) is 62.6 Å². The van der Waals surface area contributed by atoms with E-state index in [1.165, 1.54) is 26.4 Å². The van der Waals surface area contributed by atoms with Crippen molar-refractivity contribution in [3.8, 4) is 11.5 Å². The molecule has 0 bridgehead atoms. The number of fused-ring (bicyclic) bond motifs is 1. The highest BCUT2D eigenvalue weighted by Crippen LogP contribution is 2.45. The van der Waals surface area contributed by atoms with Gasteiger partial charge in [-0.25, -0.2) is 9.78 Å². The van der Waals surface area contributed by atoms with Crippen molar-refractivity contribution in [3.63, 3.8) is 0 Å². The molecule has 1 unspecified atom stereocenters. The summed E-state index contributed by atoms with van der Waals surface area (Å²) in [5, 5.41) is 0. The van der Waals surface area contributed by atoms with Crippen LogP contribution in [0, 0.1) is 11.3 Å². The van der Waals surface area contributed by atoms with E-state index in [0.717, 1.165) is 36.2 Å². The second kappa shape index (κ2) is 9.67. The highest BCUT2D eigenvalue weighted by molar-refractivity contribution is 5.97. The number of hydrogen-bond acceptors (Lipinski definition) is 5. The van der Waals surface area contributed by atoms with E-state index in [1.54, 1.807) is 18.2 Å². The Labute approximate surface area is 208 Å². The van der Waals surface area contributed by atoms with Crippen molar-refractivity contribution >= 4 is 17.0 Å². The van der Waals surface area contributed by atoms with Gasteiger partial charge in [-0.15, -0.1) is 13.2 Å². The van der Waals surface area contributed by atoms with E-state index in [0.29, 0.717) is 23.6 Å². The second-order valence-corrected chi connectivity index (χ2v) is 10.4. The lowest BCUT2D eigenvalue weighted by Gasteiger charge is -2.40. The zero-order chi connectivity index (χ0) is 26.3. The van der Waals surface area contributed by atoms with E-state index >= 15 is 0 Å². The number of hydrogen-bond donors (Lipinski definition) is 0. The number of halogens is 3. The number of alkyl halides is 3. The quantitative estimate of drug-likeness (QED) is 0.349. The summed E-state index contributed by atoms with van der Waals surface area (Å²) in [4.78, 5) is 17.2. The number of carbonyl (C=O) groups excluding carboxylic acids is 1. The Morgan fingerprint density at radius 3 is 2.42 bits per heavy atom. The number of carbonyl (C=O) groups is 1. The third-order valence-corrected chi connectivity index (χ3v) is 6.74. The first-order valence-corrected chi connectivity index (χ1v) is 11.9. The van der Waals surface area contributed by atoms with Crippen molar-refractivity contribution in [2.75, 3.05) is 14.2 Å². The summed E-state index contributed by atoms with van der Waals surface area (Å²) in [6.45, 7) is 6.79. The number of imidazole rings is 1. The average Bonchev–Trinajstić information content (AvgIpc) is 3.13. The Bertz CT molecular complexity index is 1250. The smallest absolute Gasteiger partial charge is 0.496 e. The maximum Gasteiger partial charge on any atom is 0.573 e. The predicted molar refractivity (Wildman–Crippen MR) is 129 cm³/mol. The molecule has 0 aliphatic heterocycles. The molecule has 1 aromatic heterocycles. The van der Waals surface area contributed by atoms with Crippen LogP contribution < -0.4 is 9.47 Å². The Balaban J connectivity index is 1.80. The Hall–Kier alpha value is -3.23. The lowest BCUT2D eigenvalue weighted by Crippen LogP contribution is -2.30. The zero-order valence-electron chi connectivity index (χ0n) is 21.1. The maximum absolute atomic E-state index is 12.6. The van der Waals surface area contributed by atoms with Crippen molar-refractivity contribution in [1.82, 2.24) is 9.55 Å². The largest absolute Gasteiger partial charge is 0.573 e. The molecule has 36 heavy (non-hydrogen) atoms. The van der Waals surface area contributed by atoms with E-state index in [1.807, 2.05) is 6.07 Å². The van der Waals surface area contributed by atoms with E-state index in [9.17, 15) is 18.0 Å². The van der Waals surface area contributed by atoms with Gasteiger partial charge in [-0.05, 0) is 54.4 Å². The van der Waals surface area contributed by atoms with Gasteiger partial charge in [-0.3, -0.25) is 0 Å². The molecule has 2 aromatic carbocycles. The molecule has 1 heterocycles. The molecule has 9 heteroatoms. The molecule has 0 spiro atoms. The maximum atomic E-state index is 12.6. The van der Waals surface area contributed by atoms with Crippen molar-refractivity contribution in [2.24, 2.45) is 11.3 Å². The van der Waals surface area contributed by atoms with Gasteiger partial charge in [-0.1, -0.05) is 32.9 Å². The molecule has 3 aromatic rings. The molecule has 1 saturated carbocycles. The van der Waals surface area contributed by atoms with Gasteiger partial charge in [0.1, 0.15) is 22.9 Å². The molecule has 1 aliphatic rings. The second-order valence-electron chi connectivity index (χ2n) is 10.4. The summed E-state index contributed by atoms with van der Waals surface area (Å²) in [7, 11) is 2.82. The van der Waals surface area contributed by atoms with Crippen LogP contribution in [0.3, 0.4) is 0 Å². The number of methoxy groups -OCH3 is 2. The fraction of sp³-hybridized carbons (Fsp3) is 0.481. The summed E-state index contributed by atoms with van der Waals surface area (Å²) < 4.78 is 54.3. The predicted octanol–water partition coefficient (Wildman–Crippen LogP) is 6.71. The molecule has 1 fully saturated rings. The van der Waals surface area contributed by atoms with E-state index < -0.39 is 12.3 Å². The Morgan fingerprint density at radius 1 is 1.14 bits per heavy atom. The van der Waals surface area contributed by atoms with E-state index in [-0.39, 0.29) is 22.8 Å². The van der Waals surface area contributed by atoms with Gasteiger partial charge in [0.25, 0.3) is 0 Å².